The zero-order valence-corrected chi connectivity index (χ0v) is 17.3. The van der Waals surface area contributed by atoms with Crippen LogP contribution >= 0.6 is 11.6 Å². The van der Waals surface area contributed by atoms with E-state index in [2.05, 4.69) is 16.1 Å². The number of benzene rings is 1. The van der Waals surface area contributed by atoms with Crippen molar-refractivity contribution in [3.8, 4) is 5.75 Å². The van der Waals surface area contributed by atoms with Crippen LogP contribution in [0.5, 0.6) is 5.75 Å². The van der Waals surface area contributed by atoms with E-state index in [1.807, 2.05) is 0 Å². The number of nitrogens with one attached hydrogen (secondary N) is 2. The van der Waals surface area contributed by atoms with E-state index in [0.29, 0.717) is 6.54 Å². The van der Waals surface area contributed by atoms with Gasteiger partial charge in [-0.3, -0.25) is 4.79 Å². The Morgan fingerprint density at radius 2 is 2.07 bits per heavy atom. The first-order valence-corrected chi connectivity index (χ1v) is 11.0. The summed E-state index contributed by atoms with van der Waals surface area (Å²) in [6.45, 7) is 3.88. The van der Waals surface area contributed by atoms with Crippen molar-refractivity contribution >= 4 is 27.5 Å². The van der Waals surface area contributed by atoms with E-state index >= 15 is 0 Å². The summed E-state index contributed by atoms with van der Waals surface area (Å²) in [5, 5.41) is 2.96. The summed E-state index contributed by atoms with van der Waals surface area (Å²) in [7, 11) is -3.63. The van der Waals surface area contributed by atoms with Crippen molar-refractivity contribution in [2.24, 2.45) is 0 Å². The molecule has 1 aromatic rings. The highest BCUT2D eigenvalue weighted by Gasteiger charge is 2.17. The van der Waals surface area contributed by atoms with Gasteiger partial charge in [0.15, 0.2) is 6.61 Å². The molecule has 1 amide bonds. The van der Waals surface area contributed by atoms with E-state index in [0.717, 1.165) is 19.3 Å². The Morgan fingerprint density at radius 1 is 1.30 bits per heavy atom. The minimum Gasteiger partial charge on any atom is -0.482 e. The molecule has 1 aliphatic carbocycles. The van der Waals surface area contributed by atoms with Crippen LogP contribution in [0.3, 0.4) is 0 Å². The molecule has 2 rings (SSSR count). The second-order valence-corrected chi connectivity index (χ2v) is 8.99. The molecule has 0 aliphatic heterocycles. The maximum Gasteiger partial charge on any atom is 0.257 e. The average molecular weight is 415 g/mol. The standard InChI is InChI=1S/C19H27ClN2O4S/c1-14(2)22-27(24,25)16-8-9-18(17(20)12-16)26-13-19(23)21-11-10-15-6-4-3-5-7-15/h6,8-9,12,14,22H,3-5,7,10-11,13H2,1-2H3,(H,21,23). The summed E-state index contributed by atoms with van der Waals surface area (Å²) >= 11 is 6.10. The zero-order chi connectivity index (χ0) is 19.9. The number of allylic oxidation sites excluding steroid dienone is 1. The molecule has 1 aliphatic rings. The van der Waals surface area contributed by atoms with E-state index in [1.54, 1.807) is 13.8 Å². The van der Waals surface area contributed by atoms with Crippen molar-refractivity contribution in [3.63, 3.8) is 0 Å². The summed E-state index contributed by atoms with van der Waals surface area (Å²) < 4.78 is 32.2. The zero-order valence-electron chi connectivity index (χ0n) is 15.8. The third-order valence-corrected chi connectivity index (χ3v) is 6.07. The van der Waals surface area contributed by atoms with Gasteiger partial charge in [-0.05, 0) is 64.2 Å². The molecular weight excluding hydrogens is 388 g/mol. The molecule has 27 heavy (non-hydrogen) atoms. The maximum absolute atomic E-state index is 12.1. The number of carbonyl (C=O) groups is 1. The fourth-order valence-corrected chi connectivity index (χ4v) is 4.41. The first kappa shape index (κ1) is 21.7. The molecule has 0 fully saturated rings. The van der Waals surface area contributed by atoms with E-state index in [1.165, 1.54) is 36.6 Å². The number of ether oxygens (including phenoxy) is 1. The van der Waals surface area contributed by atoms with E-state index < -0.39 is 10.0 Å². The average Bonchev–Trinajstić information content (AvgIpc) is 2.60. The first-order chi connectivity index (χ1) is 12.8. The van der Waals surface area contributed by atoms with Crippen LogP contribution in [-0.4, -0.2) is 33.5 Å². The Labute approximate surface area is 166 Å². The van der Waals surface area contributed by atoms with Crippen molar-refractivity contribution in [3.05, 3.63) is 34.9 Å². The third kappa shape index (κ3) is 7.16. The molecule has 6 nitrogen and oxygen atoms in total. The molecule has 0 atom stereocenters. The smallest absolute Gasteiger partial charge is 0.257 e. The lowest BCUT2D eigenvalue weighted by atomic mass is 9.97. The SMILES string of the molecule is CC(C)NS(=O)(=O)c1ccc(OCC(=O)NCCC2=CCCCC2)c(Cl)c1. The van der Waals surface area contributed by atoms with Gasteiger partial charge < -0.3 is 10.1 Å². The number of hydrogen-bond donors (Lipinski definition) is 2. The lowest BCUT2D eigenvalue weighted by Crippen LogP contribution is -2.30. The predicted octanol–water partition coefficient (Wildman–Crippen LogP) is 3.41. The first-order valence-electron chi connectivity index (χ1n) is 9.17. The highest BCUT2D eigenvalue weighted by atomic mass is 35.5. The van der Waals surface area contributed by atoms with Crippen LogP contribution in [0, 0.1) is 0 Å². The van der Waals surface area contributed by atoms with Crippen LogP contribution in [0.25, 0.3) is 0 Å². The Morgan fingerprint density at radius 3 is 2.70 bits per heavy atom. The molecule has 0 saturated heterocycles. The van der Waals surface area contributed by atoms with Gasteiger partial charge >= 0.3 is 0 Å². The molecule has 0 radical (unpaired) electrons. The van der Waals surface area contributed by atoms with Crippen molar-refractivity contribution in [2.45, 2.75) is 56.9 Å². The van der Waals surface area contributed by atoms with Crippen LogP contribution in [0.1, 0.15) is 46.0 Å². The largest absolute Gasteiger partial charge is 0.482 e. The number of carbonyl (C=O) groups excluding carboxylic acids is 1. The summed E-state index contributed by atoms with van der Waals surface area (Å²) in [6, 6.07) is 3.95. The molecule has 0 aromatic heterocycles. The molecule has 0 unspecified atom stereocenters. The van der Waals surface area contributed by atoms with E-state index in [9.17, 15) is 13.2 Å². The highest BCUT2D eigenvalue weighted by molar-refractivity contribution is 7.89. The lowest BCUT2D eigenvalue weighted by Gasteiger charge is -2.14. The second-order valence-electron chi connectivity index (χ2n) is 6.86. The summed E-state index contributed by atoms with van der Waals surface area (Å²) in [5.74, 6) is 0.0333. The van der Waals surface area contributed by atoms with E-state index in [4.69, 9.17) is 16.3 Å². The minimum absolute atomic E-state index is 0.0544. The van der Waals surface area contributed by atoms with Crippen LogP contribution in [0.2, 0.25) is 5.02 Å². The number of rotatable bonds is 9. The van der Waals surface area contributed by atoms with Crippen molar-refractivity contribution in [1.29, 1.82) is 0 Å². The molecule has 0 saturated carbocycles. The number of halogens is 1. The maximum atomic E-state index is 12.1. The predicted molar refractivity (Wildman–Crippen MR) is 107 cm³/mol. The van der Waals surface area contributed by atoms with Gasteiger partial charge in [-0.15, -0.1) is 0 Å². The summed E-state index contributed by atoms with van der Waals surface area (Å²) in [6.07, 6.45) is 7.83. The van der Waals surface area contributed by atoms with Gasteiger partial charge in [-0.1, -0.05) is 23.3 Å². The van der Waals surface area contributed by atoms with Gasteiger partial charge in [0, 0.05) is 12.6 Å². The minimum atomic E-state index is -3.63. The van der Waals surface area contributed by atoms with Gasteiger partial charge in [-0.2, -0.15) is 0 Å². The molecule has 1 aromatic carbocycles. The van der Waals surface area contributed by atoms with Gasteiger partial charge in [-0.25, -0.2) is 13.1 Å². The third-order valence-electron chi connectivity index (χ3n) is 4.12. The van der Waals surface area contributed by atoms with Crippen molar-refractivity contribution in [2.75, 3.05) is 13.2 Å². The van der Waals surface area contributed by atoms with Crippen molar-refractivity contribution in [1.82, 2.24) is 10.0 Å². The van der Waals surface area contributed by atoms with Gasteiger partial charge in [0.2, 0.25) is 10.0 Å². The normalized spacial score (nSPS) is 14.7. The number of amides is 1. The Kier molecular flexibility index (Phi) is 8.13. The topological polar surface area (TPSA) is 84.5 Å². The van der Waals surface area contributed by atoms with Gasteiger partial charge in [0.25, 0.3) is 5.91 Å². The molecule has 0 bridgehead atoms. The van der Waals surface area contributed by atoms with E-state index in [-0.39, 0.29) is 34.2 Å². The number of hydrogen-bond acceptors (Lipinski definition) is 4. The molecule has 8 heteroatoms. The van der Waals surface area contributed by atoms with Crippen LogP contribution in [0.15, 0.2) is 34.7 Å². The van der Waals surface area contributed by atoms with Gasteiger partial charge in [0.1, 0.15) is 5.75 Å². The fraction of sp³-hybridized carbons (Fsp3) is 0.526. The summed E-state index contributed by atoms with van der Waals surface area (Å²) in [4.78, 5) is 12.0. The van der Waals surface area contributed by atoms with Crippen LogP contribution in [-0.2, 0) is 14.8 Å². The van der Waals surface area contributed by atoms with Crippen molar-refractivity contribution < 1.29 is 17.9 Å². The number of sulfonamides is 1. The molecule has 2 N–H and O–H groups in total. The molecule has 0 heterocycles. The lowest BCUT2D eigenvalue weighted by molar-refractivity contribution is -0.123. The highest BCUT2D eigenvalue weighted by Crippen LogP contribution is 2.27. The fourth-order valence-electron chi connectivity index (χ4n) is 2.83. The molecular formula is C19H27ClN2O4S. The second kappa shape index (κ2) is 10.1. The molecule has 150 valence electrons. The Balaban J connectivity index is 1.83. The van der Waals surface area contributed by atoms with Crippen LogP contribution < -0.4 is 14.8 Å². The summed E-state index contributed by atoms with van der Waals surface area (Å²) in [5.41, 5.74) is 1.40. The van der Waals surface area contributed by atoms with Crippen LogP contribution in [0.4, 0.5) is 0 Å². The quantitative estimate of drug-likeness (QED) is 0.606. The molecule has 0 spiro atoms. The Bertz CT molecular complexity index is 791. The van der Waals surface area contributed by atoms with Gasteiger partial charge in [0.05, 0.1) is 9.92 Å². The monoisotopic (exact) mass is 414 g/mol. The Hall–Kier alpha value is -1.57.